The van der Waals surface area contributed by atoms with E-state index in [0.717, 1.165) is 52.5 Å². The highest BCUT2D eigenvalue weighted by atomic mass is 32.2. The van der Waals surface area contributed by atoms with Crippen LogP contribution in [-0.2, 0) is 13.1 Å². The minimum atomic E-state index is -0.499. The van der Waals surface area contributed by atoms with Gasteiger partial charge in [-0.15, -0.1) is 0 Å². The SMILES string of the molecule is O[C@H](COc1ccccc1CNCc1cc2cc(F)ccc2[nH]1)CN1CCSCC1. The third-order valence-electron chi connectivity index (χ3n) is 5.25. The fourth-order valence-electron chi connectivity index (χ4n) is 3.70. The summed E-state index contributed by atoms with van der Waals surface area (Å²) in [5.74, 6) is 2.83. The van der Waals surface area contributed by atoms with Gasteiger partial charge in [0.1, 0.15) is 24.3 Å². The normalized spacial score (nSPS) is 16.1. The second-order valence-corrected chi connectivity index (χ2v) is 8.84. The molecule has 1 fully saturated rings. The first-order valence-electron chi connectivity index (χ1n) is 10.3. The summed E-state index contributed by atoms with van der Waals surface area (Å²) in [5.41, 5.74) is 2.98. The molecule has 0 amide bonds. The maximum absolute atomic E-state index is 13.4. The van der Waals surface area contributed by atoms with Gasteiger partial charge in [-0.25, -0.2) is 4.39 Å². The summed E-state index contributed by atoms with van der Waals surface area (Å²) >= 11 is 1.97. The molecule has 1 aliphatic rings. The number of ether oxygens (including phenoxy) is 1. The molecule has 160 valence electrons. The first kappa shape index (κ1) is 21.2. The van der Waals surface area contributed by atoms with Crippen LogP contribution in [0.1, 0.15) is 11.3 Å². The molecule has 4 rings (SSSR count). The van der Waals surface area contributed by atoms with Crippen molar-refractivity contribution < 1.29 is 14.2 Å². The number of β-amino-alcohol motifs (C(OH)–C–C–N with tert-alkyl or cyclic N) is 1. The van der Waals surface area contributed by atoms with Gasteiger partial charge in [-0.3, -0.25) is 4.90 Å². The summed E-state index contributed by atoms with van der Waals surface area (Å²) in [6.45, 7) is 4.28. The number of nitrogens with one attached hydrogen (secondary N) is 2. The summed E-state index contributed by atoms with van der Waals surface area (Å²) in [4.78, 5) is 5.60. The topological polar surface area (TPSA) is 60.5 Å². The number of rotatable bonds is 9. The number of benzene rings is 2. The predicted molar refractivity (Wildman–Crippen MR) is 121 cm³/mol. The third kappa shape index (κ3) is 5.76. The fraction of sp³-hybridized carbons (Fsp3) is 0.391. The Bertz CT molecular complexity index is 959. The van der Waals surface area contributed by atoms with E-state index in [2.05, 4.69) is 15.2 Å². The minimum absolute atomic E-state index is 0.228. The number of halogens is 1. The Morgan fingerprint density at radius 1 is 1.13 bits per heavy atom. The van der Waals surface area contributed by atoms with Crippen molar-refractivity contribution in [2.75, 3.05) is 37.7 Å². The lowest BCUT2D eigenvalue weighted by Gasteiger charge is -2.28. The molecule has 5 nitrogen and oxygen atoms in total. The quantitative estimate of drug-likeness (QED) is 0.487. The highest BCUT2D eigenvalue weighted by Gasteiger charge is 2.15. The largest absolute Gasteiger partial charge is 0.491 e. The number of nitrogens with zero attached hydrogens (tertiary/aromatic N) is 1. The molecule has 2 aromatic carbocycles. The number of hydrogen-bond acceptors (Lipinski definition) is 5. The molecule has 3 aromatic rings. The van der Waals surface area contributed by atoms with Gasteiger partial charge in [0.2, 0.25) is 0 Å². The molecule has 7 heteroatoms. The molecular weight excluding hydrogens is 401 g/mol. The smallest absolute Gasteiger partial charge is 0.123 e. The number of hydrogen-bond donors (Lipinski definition) is 3. The first-order valence-corrected chi connectivity index (χ1v) is 11.5. The zero-order chi connectivity index (χ0) is 20.8. The molecule has 0 spiro atoms. The zero-order valence-corrected chi connectivity index (χ0v) is 17.8. The monoisotopic (exact) mass is 429 g/mol. The van der Waals surface area contributed by atoms with Gasteiger partial charge in [-0.2, -0.15) is 11.8 Å². The van der Waals surface area contributed by atoms with E-state index in [1.54, 1.807) is 6.07 Å². The van der Waals surface area contributed by atoms with E-state index in [-0.39, 0.29) is 12.4 Å². The molecule has 1 aromatic heterocycles. The highest BCUT2D eigenvalue weighted by molar-refractivity contribution is 7.99. The summed E-state index contributed by atoms with van der Waals surface area (Å²) in [5, 5.41) is 14.6. The van der Waals surface area contributed by atoms with E-state index in [0.29, 0.717) is 19.6 Å². The maximum Gasteiger partial charge on any atom is 0.123 e. The van der Waals surface area contributed by atoms with E-state index in [1.165, 1.54) is 12.1 Å². The van der Waals surface area contributed by atoms with Gasteiger partial charge < -0.3 is 20.1 Å². The second kappa shape index (κ2) is 10.3. The van der Waals surface area contributed by atoms with Crippen molar-refractivity contribution in [3.63, 3.8) is 0 Å². The van der Waals surface area contributed by atoms with Crippen LogP contribution in [0.5, 0.6) is 5.75 Å². The van der Waals surface area contributed by atoms with Crippen LogP contribution >= 0.6 is 11.8 Å². The third-order valence-corrected chi connectivity index (χ3v) is 6.19. The number of thioether (sulfide) groups is 1. The maximum atomic E-state index is 13.4. The van der Waals surface area contributed by atoms with Gasteiger partial charge in [0.15, 0.2) is 0 Å². The van der Waals surface area contributed by atoms with E-state index >= 15 is 0 Å². The van der Waals surface area contributed by atoms with Crippen LogP contribution in [0, 0.1) is 5.82 Å². The Labute approximate surface area is 180 Å². The lowest BCUT2D eigenvalue weighted by atomic mass is 10.2. The van der Waals surface area contributed by atoms with Crippen molar-refractivity contribution >= 4 is 22.7 Å². The van der Waals surface area contributed by atoms with Gasteiger partial charge in [0.05, 0.1) is 0 Å². The molecule has 0 saturated carbocycles. The van der Waals surface area contributed by atoms with Gasteiger partial charge in [-0.1, -0.05) is 18.2 Å². The Morgan fingerprint density at radius 3 is 2.83 bits per heavy atom. The van der Waals surface area contributed by atoms with E-state index in [1.807, 2.05) is 42.1 Å². The number of aromatic nitrogens is 1. The summed E-state index contributed by atoms with van der Waals surface area (Å²) in [7, 11) is 0. The van der Waals surface area contributed by atoms with Crippen LogP contribution in [0.2, 0.25) is 0 Å². The van der Waals surface area contributed by atoms with E-state index < -0.39 is 6.10 Å². The van der Waals surface area contributed by atoms with E-state index in [9.17, 15) is 9.50 Å². The number of aromatic amines is 1. The van der Waals surface area contributed by atoms with Gasteiger partial charge in [0, 0.05) is 66.4 Å². The van der Waals surface area contributed by atoms with E-state index in [4.69, 9.17) is 4.74 Å². The molecule has 0 bridgehead atoms. The molecule has 0 aliphatic carbocycles. The van der Waals surface area contributed by atoms with Crippen LogP contribution in [0.15, 0.2) is 48.5 Å². The molecule has 30 heavy (non-hydrogen) atoms. The van der Waals surface area contributed by atoms with Crippen LogP contribution < -0.4 is 10.1 Å². The van der Waals surface area contributed by atoms with Crippen molar-refractivity contribution in [3.05, 3.63) is 65.6 Å². The Morgan fingerprint density at radius 2 is 1.97 bits per heavy atom. The molecule has 0 unspecified atom stereocenters. The molecule has 3 N–H and O–H groups in total. The van der Waals surface area contributed by atoms with Crippen LogP contribution in [0.3, 0.4) is 0 Å². The first-order chi connectivity index (χ1) is 14.7. The van der Waals surface area contributed by atoms with Crippen molar-refractivity contribution in [2.45, 2.75) is 19.2 Å². The fourth-order valence-corrected chi connectivity index (χ4v) is 4.68. The summed E-state index contributed by atoms with van der Waals surface area (Å²) in [6.07, 6.45) is -0.499. The standard InChI is InChI=1S/C23H28FN3O2S/c24-19-5-6-22-18(11-19)12-20(26-22)14-25-13-17-3-1-2-4-23(17)29-16-21(28)15-27-7-9-30-10-8-27/h1-6,11-12,21,25-26,28H,7-10,13-16H2/t21-/m0/s1. The van der Waals surface area contributed by atoms with Crippen LogP contribution in [-0.4, -0.2) is 58.8 Å². The molecular formula is C23H28FN3O2S. The Balaban J connectivity index is 1.28. The van der Waals surface area contributed by atoms with Gasteiger partial charge in [0.25, 0.3) is 0 Å². The average molecular weight is 430 g/mol. The zero-order valence-electron chi connectivity index (χ0n) is 16.9. The van der Waals surface area contributed by atoms with Crippen LogP contribution in [0.4, 0.5) is 4.39 Å². The Kier molecular flexibility index (Phi) is 7.28. The molecule has 1 saturated heterocycles. The van der Waals surface area contributed by atoms with Crippen molar-refractivity contribution in [2.24, 2.45) is 0 Å². The predicted octanol–water partition coefficient (Wildman–Crippen LogP) is 3.39. The lowest BCUT2D eigenvalue weighted by molar-refractivity contribution is 0.0711. The molecule has 1 atom stereocenters. The average Bonchev–Trinajstić information content (AvgIpc) is 3.15. The van der Waals surface area contributed by atoms with Crippen molar-refractivity contribution in [1.82, 2.24) is 15.2 Å². The number of para-hydroxylation sites is 1. The summed E-state index contributed by atoms with van der Waals surface area (Å²) in [6, 6.07) is 14.6. The number of aliphatic hydroxyl groups excluding tert-OH is 1. The number of fused-ring (bicyclic) bond motifs is 1. The lowest BCUT2D eigenvalue weighted by Crippen LogP contribution is -2.40. The number of H-pyrrole nitrogens is 1. The highest BCUT2D eigenvalue weighted by Crippen LogP contribution is 2.20. The molecule has 2 heterocycles. The van der Waals surface area contributed by atoms with Gasteiger partial charge in [-0.05, 0) is 30.3 Å². The summed E-state index contributed by atoms with van der Waals surface area (Å²) < 4.78 is 19.3. The second-order valence-electron chi connectivity index (χ2n) is 7.62. The van der Waals surface area contributed by atoms with Crippen molar-refractivity contribution in [1.29, 1.82) is 0 Å². The molecule has 1 aliphatic heterocycles. The Hall–Kier alpha value is -2.06. The van der Waals surface area contributed by atoms with Crippen molar-refractivity contribution in [3.8, 4) is 5.75 Å². The number of aliphatic hydroxyl groups is 1. The minimum Gasteiger partial charge on any atom is -0.491 e. The molecule has 0 radical (unpaired) electrons. The van der Waals surface area contributed by atoms with Crippen LogP contribution in [0.25, 0.3) is 10.9 Å². The van der Waals surface area contributed by atoms with Gasteiger partial charge >= 0.3 is 0 Å².